The first-order chi connectivity index (χ1) is 17.9. The summed E-state index contributed by atoms with van der Waals surface area (Å²) in [4.78, 5) is 24.6. The van der Waals surface area contributed by atoms with E-state index in [2.05, 4.69) is 6.58 Å². The average Bonchev–Trinajstić information content (AvgIpc) is 2.88. The van der Waals surface area contributed by atoms with Crippen LogP contribution in [0.25, 0.3) is 6.08 Å². The molecule has 0 saturated heterocycles. The van der Waals surface area contributed by atoms with E-state index in [1.165, 1.54) is 6.08 Å². The van der Waals surface area contributed by atoms with Gasteiger partial charge in [0.15, 0.2) is 0 Å². The van der Waals surface area contributed by atoms with Crippen LogP contribution in [0, 0.1) is 0 Å². The van der Waals surface area contributed by atoms with Crippen LogP contribution in [0.1, 0.15) is 66.4 Å². The zero-order valence-corrected chi connectivity index (χ0v) is 21.4. The lowest BCUT2D eigenvalue weighted by Crippen LogP contribution is -2.28. The van der Waals surface area contributed by atoms with E-state index in [0.717, 1.165) is 62.7 Å². The van der Waals surface area contributed by atoms with Gasteiger partial charge in [-0.2, -0.15) is 0 Å². The summed E-state index contributed by atoms with van der Waals surface area (Å²) in [6.07, 6.45) is 12.3. The Morgan fingerprint density at radius 3 is 2.27 bits per heavy atom. The molecule has 3 rings (SSSR count). The Labute approximate surface area is 219 Å². The van der Waals surface area contributed by atoms with Gasteiger partial charge in [-0.3, -0.25) is 0 Å². The van der Waals surface area contributed by atoms with Crippen LogP contribution in [0.3, 0.4) is 0 Å². The van der Waals surface area contributed by atoms with Crippen LogP contribution in [-0.4, -0.2) is 37.4 Å². The van der Waals surface area contributed by atoms with Gasteiger partial charge in [-0.25, -0.2) is 9.59 Å². The third kappa shape index (κ3) is 10.1. The fourth-order valence-corrected chi connectivity index (χ4v) is 4.28. The molecule has 2 aromatic carbocycles. The van der Waals surface area contributed by atoms with E-state index in [9.17, 15) is 9.59 Å². The van der Waals surface area contributed by atoms with Crippen molar-refractivity contribution in [2.45, 2.75) is 63.6 Å². The van der Waals surface area contributed by atoms with Crippen molar-refractivity contribution in [3.05, 3.63) is 77.9 Å². The number of unbranched alkanes of at least 4 members (excludes halogenated alkanes) is 2. The van der Waals surface area contributed by atoms with Gasteiger partial charge in [-0.1, -0.05) is 18.2 Å². The summed E-state index contributed by atoms with van der Waals surface area (Å²) < 4.78 is 16.9. The molecule has 0 bridgehead atoms. The Morgan fingerprint density at radius 1 is 0.919 bits per heavy atom. The molecule has 0 aromatic heterocycles. The highest BCUT2D eigenvalue weighted by Crippen LogP contribution is 2.25. The van der Waals surface area contributed by atoms with Crippen molar-refractivity contribution in [1.29, 1.82) is 0 Å². The molecule has 0 heterocycles. The Hall–Kier alpha value is -3.58. The Kier molecular flexibility index (Phi) is 11.2. The van der Waals surface area contributed by atoms with Crippen LogP contribution in [0.2, 0.25) is 0 Å². The first-order valence-corrected chi connectivity index (χ1v) is 13.0. The molecule has 0 spiro atoms. The highest BCUT2D eigenvalue weighted by Gasteiger charge is 2.24. The maximum atomic E-state index is 12.6. The van der Waals surface area contributed by atoms with Crippen molar-refractivity contribution < 1.29 is 23.8 Å². The Morgan fingerprint density at radius 2 is 1.59 bits per heavy atom. The number of nitrogens with two attached hydrogens (primary N) is 2. The van der Waals surface area contributed by atoms with Gasteiger partial charge in [-0.05, 0) is 92.5 Å². The second kappa shape index (κ2) is 14.9. The zero-order chi connectivity index (χ0) is 26.5. The molecule has 1 aliphatic rings. The van der Waals surface area contributed by atoms with E-state index in [1.54, 1.807) is 48.5 Å². The van der Waals surface area contributed by atoms with Gasteiger partial charge in [-0.15, -0.1) is 6.58 Å². The lowest BCUT2D eigenvalue weighted by molar-refractivity contribution is -0.137. The molecule has 37 heavy (non-hydrogen) atoms. The number of hydrogen-bond acceptors (Lipinski definition) is 7. The Balaban J connectivity index is 1.35. The van der Waals surface area contributed by atoms with Gasteiger partial charge >= 0.3 is 11.9 Å². The summed E-state index contributed by atoms with van der Waals surface area (Å²) in [5.41, 5.74) is 14.9. The molecular weight excluding hydrogens is 468 g/mol. The lowest BCUT2D eigenvalue weighted by atomic mass is 9.95. The summed E-state index contributed by atoms with van der Waals surface area (Å²) in [5.74, 6) is -0.775. The first kappa shape index (κ1) is 28.0. The number of nitrogen functional groups attached to an aromatic ring is 2. The van der Waals surface area contributed by atoms with Crippen LogP contribution < -0.4 is 11.5 Å². The van der Waals surface area contributed by atoms with Crippen LogP contribution >= 0.6 is 0 Å². The minimum atomic E-state index is -0.447. The number of benzene rings is 2. The van der Waals surface area contributed by atoms with Crippen LogP contribution in [0.5, 0.6) is 0 Å². The van der Waals surface area contributed by atoms with Gasteiger partial charge in [0, 0.05) is 30.5 Å². The van der Waals surface area contributed by atoms with Crippen molar-refractivity contribution in [2.24, 2.45) is 0 Å². The summed E-state index contributed by atoms with van der Waals surface area (Å²) in [6, 6.07) is 12.2. The highest BCUT2D eigenvalue weighted by molar-refractivity contribution is 5.90. The molecule has 7 nitrogen and oxygen atoms in total. The molecule has 1 aliphatic carbocycles. The normalized spacial score (nSPS) is 17.4. The molecule has 0 unspecified atom stereocenters. The van der Waals surface area contributed by atoms with E-state index in [4.69, 9.17) is 25.7 Å². The third-order valence-corrected chi connectivity index (χ3v) is 6.28. The van der Waals surface area contributed by atoms with E-state index in [0.29, 0.717) is 23.4 Å². The quantitative estimate of drug-likeness (QED) is 0.121. The summed E-state index contributed by atoms with van der Waals surface area (Å²) in [6.45, 7) is 4.73. The van der Waals surface area contributed by atoms with E-state index >= 15 is 0 Å². The van der Waals surface area contributed by atoms with Gasteiger partial charge in [0.05, 0.1) is 18.3 Å². The third-order valence-electron chi connectivity index (χ3n) is 6.28. The monoisotopic (exact) mass is 506 g/mol. The number of esters is 2. The van der Waals surface area contributed by atoms with E-state index < -0.39 is 5.97 Å². The minimum Gasteiger partial charge on any atom is -0.462 e. The lowest BCUT2D eigenvalue weighted by Gasteiger charge is -2.28. The molecule has 1 fully saturated rings. The molecule has 0 aliphatic heterocycles. The van der Waals surface area contributed by atoms with Crippen LogP contribution in [0.15, 0.2) is 61.2 Å². The maximum Gasteiger partial charge on any atom is 0.338 e. The van der Waals surface area contributed by atoms with E-state index in [1.807, 2.05) is 6.08 Å². The standard InChI is InChI=1S/C30H38N2O5/c1-2-3-4-5-17-35-27-11-13-28(14-12-27)37-30(34)24-9-6-22(7-10-24)8-15-29(33)36-18-16-23-19-25(31)21-26(32)20-23/h2,6-10,15,19-21,27-28H,1,3-5,11-14,16-18,31-32H2/b15-8+. The molecule has 1 saturated carbocycles. The summed E-state index contributed by atoms with van der Waals surface area (Å²) in [7, 11) is 0. The number of allylic oxidation sites excluding steroid dienone is 1. The maximum absolute atomic E-state index is 12.6. The van der Waals surface area contributed by atoms with Crippen molar-refractivity contribution in [1.82, 2.24) is 0 Å². The molecule has 198 valence electrons. The van der Waals surface area contributed by atoms with Crippen molar-refractivity contribution in [3.8, 4) is 0 Å². The first-order valence-electron chi connectivity index (χ1n) is 13.0. The number of rotatable bonds is 13. The second-order valence-corrected chi connectivity index (χ2v) is 9.34. The zero-order valence-electron chi connectivity index (χ0n) is 21.4. The fourth-order valence-electron chi connectivity index (χ4n) is 4.28. The van der Waals surface area contributed by atoms with Crippen molar-refractivity contribution >= 4 is 29.4 Å². The predicted molar refractivity (Wildman–Crippen MR) is 147 cm³/mol. The number of carbonyl (C=O) groups excluding carboxylic acids is 2. The molecule has 2 aromatic rings. The number of hydrogen-bond donors (Lipinski definition) is 2. The van der Waals surface area contributed by atoms with Crippen LogP contribution in [0.4, 0.5) is 11.4 Å². The molecule has 7 heteroatoms. The summed E-state index contributed by atoms with van der Waals surface area (Å²) in [5, 5.41) is 0. The summed E-state index contributed by atoms with van der Waals surface area (Å²) >= 11 is 0. The van der Waals surface area contributed by atoms with E-state index in [-0.39, 0.29) is 24.8 Å². The SMILES string of the molecule is C=CCCCCOC1CCC(OC(=O)c2ccc(/C=C/C(=O)OCCc3cc(N)cc(N)c3)cc2)CC1. The fraction of sp³-hybridized carbons (Fsp3) is 0.400. The van der Waals surface area contributed by atoms with Gasteiger partial charge in [0.25, 0.3) is 0 Å². The molecular formula is C30H38N2O5. The molecule has 0 amide bonds. The molecule has 4 N–H and O–H groups in total. The minimum absolute atomic E-state index is 0.0776. The van der Waals surface area contributed by atoms with Gasteiger partial charge in [0.1, 0.15) is 6.10 Å². The predicted octanol–water partition coefficient (Wildman–Crippen LogP) is 5.49. The van der Waals surface area contributed by atoms with Gasteiger partial charge < -0.3 is 25.7 Å². The van der Waals surface area contributed by atoms with Crippen LogP contribution in [-0.2, 0) is 25.4 Å². The van der Waals surface area contributed by atoms with Crippen molar-refractivity contribution in [3.63, 3.8) is 0 Å². The highest BCUT2D eigenvalue weighted by atomic mass is 16.5. The molecule has 0 radical (unpaired) electrons. The smallest absolute Gasteiger partial charge is 0.338 e. The average molecular weight is 507 g/mol. The number of ether oxygens (including phenoxy) is 3. The second-order valence-electron chi connectivity index (χ2n) is 9.34. The van der Waals surface area contributed by atoms with Gasteiger partial charge in [0.2, 0.25) is 0 Å². The molecule has 0 atom stereocenters. The van der Waals surface area contributed by atoms with Crippen molar-refractivity contribution in [2.75, 3.05) is 24.7 Å². The largest absolute Gasteiger partial charge is 0.462 e. The topological polar surface area (TPSA) is 114 Å². The number of anilines is 2. The number of carbonyl (C=O) groups is 2. The Bertz CT molecular complexity index is 1040.